The van der Waals surface area contributed by atoms with Crippen molar-refractivity contribution in [3.8, 4) is 33.9 Å². The number of hydrogen-bond acceptors (Lipinski definition) is 6. The molecule has 2 aromatic carbocycles. The number of ether oxygens (including phenoxy) is 2. The monoisotopic (exact) mass is 488 g/mol. The normalized spacial score (nSPS) is 12.8. The van der Waals surface area contributed by atoms with Crippen molar-refractivity contribution in [3.05, 3.63) is 65.9 Å². The summed E-state index contributed by atoms with van der Waals surface area (Å²) in [6.07, 6.45) is 4.24. The number of pyridine rings is 1. The SMILES string of the molecule is CCOc1ccc(-c2cccc(CNCCC(=O)C3CC3)c2-c2ccc(OC)c(CC(=O)O)c2)cn1. The lowest BCUT2D eigenvalue weighted by Crippen LogP contribution is -2.19. The molecule has 0 aliphatic heterocycles. The number of rotatable bonds is 13. The number of benzene rings is 2. The first-order valence-electron chi connectivity index (χ1n) is 12.3. The van der Waals surface area contributed by atoms with Crippen molar-refractivity contribution in [2.24, 2.45) is 5.92 Å². The first-order valence-corrected chi connectivity index (χ1v) is 12.3. The van der Waals surface area contributed by atoms with Crippen molar-refractivity contribution in [3.63, 3.8) is 0 Å². The molecule has 0 saturated heterocycles. The van der Waals surface area contributed by atoms with Crippen molar-refractivity contribution in [2.75, 3.05) is 20.3 Å². The van der Waals surface area contributed by atoms with Gasteiger partial charge in [0.1, 0.15) is 11.5 Å². The Morgan fingerprint density at radius 3 is 2.56 bits per heavy atom. The number of Topliss-reactive ketones (excluding diaryl/α,β-unsaturated/α-hetero) is 1. The highest BCUT2D eigenvalue weighted by Gasteiger charge is 2.28. The van der Waals surface area contributed by atoms with Crippen LogP contribution < -0.4 is 14.8 Å². The van der Waals surface area contributed by atoms with Gasteiger partial charge in [-0.25, -0.2) is 4.98 Å². The van der Waals surface area contributed by atoms with Gasteiger partial charge in [-0.3, -0.25) is 9.59 Å². The van der Waals surface area contributed by atoms with E-state index in [2.05, 4.69) is 16.4 Å². The Balaban J connectivity index is 1.70. The van der Waals surface area contributed by atoms with Gasteiger partial charge in [0, 0.05) is 48.8 Å². The van der Waals surface area contributed by atoms with Crippen LogP contribution in [-0.2, 0) is 22.6 Å². The van der Waals surface area contributed by atoms with Gasteiger partial charge < -0.3 is 19.9 Å². The van der Waals surface area contributed by atoms with Gasteiger partial charge in [-0.15, -0.1) is 0 Å². The molecule has 0 bridgehead atoms. The Hall–Kier alpha value is -3.71. The number of carbonyl (C=O) groups excluding carboxylic acids is 1. The lowest BCUT2D eigenvalue weighted by Gasteiger charge is -2.18. The Morgan fingerprint density at radius 2 is 1.89 bits per heavy atom. The molecular weight excluding hydrogens is 456 g/mol. The number of ketones is 1. The molecule has 2 N–H and O–H groups in total. The highest BCUT2D eigenvalue weighted by molar-refractivity contribution is 5.87. The average molecular weight is 489 g/mol. The summed E-state index contributed by atoms with van der Waals surface area (Å²) in [6.45, 7) is 3.66. The molecule has 4 rings (SSSR count). The molecular formula is C29H32N2O5. The summed E-state index contributed by atoms with van der Waals surface area (Å²) >= 11 is 0. The Morgan fingerprint density at radius 1 is 1.08 bits per heavy atom. The van der Waals surface area contributed by atoms with Crippen LogP contribution in [0.4, 0.5) is 0 Å². The number of aliphatic carboxylic acids is 1. The average Bonchev–Trinajstić information content (AvgIpc) is 3.72. The minimum atomic E-state index is -0.920. The van der Waals surface area contributed by atoms with Crippen molar-refractivity contribution < 1.29 is 24.2 Å². The second-order valence-corrected chi connectivity index (χ2v) is 8.92. The number of carbonyl (C=O) groups is 2. The zero-order valence-corrected chi connectivity index (χ0v) is 20.8. The van der Waals surface area contributed by atoms with E-state index in [9.17, 15) is 14.7 Å². The van der Waals surface area contributed by atoms with E-state index in [0.717, 1.165) is 40.7 Å². The van der Waals surface area contributed by atoms with Crippen LogP contribution in [0.1, 0.15) is 37.3 Å². The first-order chi connectivity index (χ1) is 17.5. The minimum Gasteiger partial charge on any atom is -0.496 e. The Kier molecular flexibility index (Phi) is 8.33. The van der Waals surface area contributed by atoms with Crippen molar-refractivity contribution in [2.45, 2.75) is 39.2 Å². The van der Waals surface area contributed by atoms with Gasteiger partial charge in [0.05, 0.1) is 20.1 Å². The summed E-state index contributed by atoms with van der Waals surface area (Å²) in [4.78, 5) is 28.0. The standard InChI is InChI=1S/C29H32N2O5/c1-3-36-27-12-10-21(18-31-27)24-6-4-5-22(17-30-14-13-25(32)19-7-8-19)29(24)20-9-11-26(35-2)23(15-20)16-28(33)34/h4-6,9-12,15,18-19,30H,3,7-8,13-14,16-17H2,1-2H3,(H,33,34). The minimum absolute atomic E-state index is 0.138. The van der Waals surface area contributed by atoms with E-state index in [0.29, 0.717) is 49.1 Å². The fourth-order valence-electron chi connectivity index (χ4n) is 4.38. The van der Waals surface area contributed by atoms with Gasteiger partial charge in [0.15, 0.2) is 0 Å². The number of methoxy groups -OCH3 is 1. The molecule has 0 unspecified atom stereocenters. The zero-order chi connectivity index (χ0) is 25.5. The fraction of sp³-hybridized carbons (Fsp3) is 0.345. The van der Waals surface area contributed by atoms with Crippen molar-refractivity contribution >= 4 is 11.8 Å². The van der Waals surface area contributed by atoms with Gasteiger partial charge in [0.25, 0.3) is 0 Å². The second kappa shape index (κ2) is 11.8. The highest BCUT2D eigenvalue weighted by atomic mass is 16.5. The number of nitrogens with zero attached hydrogens (tertiary/aromatic N) is 1. The maximum absolute atomic E-state index is 12.1. The molecule has 0 atom stereocenters. The molecule has 1 heterocycles. The molecule has 1 aliphatic carbocycles. The third-order valence-electron chi connectivity index (χ3n) is 6.30. The summed E-state index contributed by atoms with van der Waals surface area (Å²) in [7, 11) is 1.54. The maximum atomic E-state index is 12.1. The van der Waals surface area contributed by atoms with Gasteiger partial charge >= 0.3 is 5.97 Å². The van der Waals surface area contributed by atoms with Crippen LogP contribution in [-0.4, -0.2) is 42.1 Å². The van der Waals surface area contributed by atoms with E-state index in [4.69, 9.17) is 9.47 Å². The highest BCUT2D eigenvalue weighted by Crippen LogP contribution is 2.37. The summed E-state index contributed by atoms with van der Waals surface area (Å²) in [5.74, 6) is 0.792. The summed E-state index contributed by atoms with van der Waals surface area (Å²) < 4.78 is 10.9. The predicted octanol–water partition coefficient (Wildman–Crippen LogP) is 4.91. The summed E-state index contributed by atoms with van der Waals surface area (Å²) in [5.41, 5.74) is 5.43. The Bertz CT molecular complexity index is 1220. The lowest BCUT2D eigenvalue weighted by molar-refractivity contribution is -0.136. The van der Waals surface area contributed by atoms with Crippen LogP contribution in [0, 0.1) is 5.92 Å². The van der Waals surface area contributed by atoms with E-state index < -0.39 is 5.97 Å². The van der Waals surface area contributed by atoms with E-state index >= 15 is 0 Å². The summed E-state index contributed by atoms with van der Waals surface area (Å²) in [6, 6.07) is 15.6. The third kappa shape index (κ3) is 6.29. The molecule has 1 fully saturated rings. The topological polar surface area (TPSA) is 97.8 Å². The van der Waals surface area contributed by atoms with Crippen LogP contribution in [0.2, 0.25) is 0 Å². The molecule has 3 aromatic rings. The smallest absolute Gasteiger partial charge is 0.307 e. The van der Waals surface area contributed by atoms with Gasteiger partial charge in [-0.1, -0.05) is 24.3 Å². The van der Waals surface area contributed by atoms with Gasteiger partial charge in [0.2, 0.25) is 5.88 Å². The quantitative estimate of drug-likeness (QED) is 0.330. The van der Waals surface area contributed by atoms with E-state index in [1.165, 1.54) is 7.11 Å². The molecule has 1 saturated carbocycles. The number of aromatic nitrogens is 1. The molecule has 7 nitrogen and oxygen atoms in total. The second-order valence-electron chi connectivity index (χ2n) is 8.92. The third-order valence-corrected chi connectivity index (χ3v) is 6.30. The number of nitrogens with one attached hydrogen (secondary N) is 1. The maximum Gasteiger partial charge on any atom is 0.307 e. The van der Waals surface area contributed by atoms with Crippen molar-refractivity contribution in [1.82, 2.24) is 10.3 Å². The first kappa shape index (κ1) is 25.4. The van der Waals surface area contributed by atoms with Crippen molar-refractivity contribution in [1.29, 1.82) is 0 Å². The van der Waals surface area contributed by atoms with Gasteiger partial charge in [-0.2, -0.15) is 0 Å². The van der Waals surface area contributed by atoms with Gasteiger partial charge in [-0.05, 0) is 60.2 Å². The van der Waals surface area contributed by atoms with Crippen LogP contribution in [0.3, 0.4) is 0 Å². The molecule has 188 valence electrons. The molecule has 7 heteroatoms. The molecule has 1 aliphatic rings. The van der Waals surface area contributed by atoms with Crippen LogP contribution >= 0.6 is 0 Å². The largest absolute Gasteiger partial charge is 0.496 e. The van der Waals surface area contributed by atoms with Crippen LogP contribution in [0.5, 0.6) is 11.6 Å². The molecule has 0 spiro atoms. The van der Waals surface area contributed by atoms with Crippen LogP contribution in [0.25, 0.3) is 22.3 Å². The van der Waals surface area contributed by atoms with Crippen LogP contribution in [0.15, 0.2) is 54.7 Å². The molecule has 1 aromatic heterocycles. The number of carboxylic acid groups (broad SMARTS) is 1. The van der Waals surface area contributed by atoms with E-state index in [-0.39, 0.29) is 12.3 Å². The molecule has 0 amide bonds. The number of hydrogen-bond donors (Lipinski definition) is 2. The fourth-order valence-corrected chi connectivity index (χ4v) is 4.38. The lowest BCUT2D eigenvalue weighted by atomic mass is 9.89. The zero-order valence-electron chi connectivity index (χ0n) is 20.8. The van der Waals surface area contributed by atoms with E-state index in [1.807, 2.05) is 49.4 Å². The van der Waals surface area contributed by atoms with E-state index in [1.54, 1.807) is 6.20 Å². The Labute approximate surface area is 211 Å². The molecule has 0 radical (unpaired) electrons. The summed E-state index contributed by atoms with van der Waals surface area (Å²) in [5, 5.41) is 12.8. The number of carboxylic acids is 1. The predicted molar refractivity (Wildman–Crippen MR) is 138 cm³/mol. The molecule has 36 heavy (non-hydrogen) atoms.